The maximum Gasteiger partial charge on any atom is 0.490 e. The molecule has 1 aromatic heterocycles. The lowest BCUT2D eigenvalue weighted by Gasteiger charge is -2.40. The van der Waals surface area contributed by atoms with E-state index in [1.54, 1.807) is 0 Å². The standard InChI is InChI=1S/C19H29N3OS.2C2HF3O2/c1-15-4-5-16(24-15)14-21-11-8-18-17(21)6-7-19(23)22(18)13-12-20-9-2-3-10-20;2*3-2(4,5)1(6)7/h4-5,17-18H,2-3,6-14H2,1H3;2*(H,6,7)/t17-,18-;;/m0../s1. The van der Waals surface area contributed by atoms with Crippen molar-refractivity contribution in [3.8, 4) is 0 Å². The van der Waals surface area contributed by atoms with Gasteiger partial charge in [-0.15, -0.1) is 11.3 Å². The van der Waals surface area contributed by atoms with Crippen LogP contribution in [0.25, 0.3) is 0 Å². The van der Waals surface area contributed by atoms with E-state index in [4.69, 9.17) is 19.8 Å². The molecule has 0 radical (unpaired) electrons. The van der Waals surface area contributed by atoms with E-state index >= 15 is 0 Å². The molecule has 4 rings (SSSR count). The fourth-order valence-corrected chi connectivity index (χ4v) is 5.67. The quantitative estimate of drug-likeness (QED) is 0.513. The number of nitrogens with zero attached hydrogens (tertiary/aromatic N) is 3. The molecule has 38 heavy (non-hydrogen) atoms. The van der Waals surface area contributed by atoms with Crippen molar-refractivity contribution in [2.24, 2.45) is 0 Å². The molecule has 3 saturated heterocycles. The molecule has 3 fully saturated rings. The van der Waals surface area contributed by atoms with Gasteiger partial charge in [0, 0.05) is 54.4 Å². The third-order valence-corrected chi connectivity index (χ3v) is 7.48. The number of likely N-dealkylation sites (tertiary alicyclic amines) is 3. The average Bonchev–Trinajstić information content (AvgIpc) is 3.55. The highest BCUT2D eigenvalue weighted by molar-refractivity contribution is 7.11. The number of hydrogen-bond acceptors (Lipinski definition) is 6. The van der Waals surface area contributed by atoms with Crippen LogP contribution in [0.4, 0.5) is 26.3 Å². The Balaban J connectivity index is 0.000000301. The van der Waals surface area contributed by atoms with Crippen LogP contribution in [-0.2, 0) is 20.9 Å². The van der Waals surface area contributed by atoms with E-state index in [2.05, 4.69) is 33.8 Å². The van der Waals surface area contributed by atoms with Gasteiger partial charge in [-0.05, 0) is 57.8 Å². The Kier molecular flexibility index (Phi) is 11.4. The van der Waals surface area contributed by atoms with Gasteiger partial charge in [-0.1, -0.05) is 0 Å². The van der Waals surface area contributed by atoms with E-state index < -0.39 is 24.3 Å². The summed E-state index contributed by atoms with van der Waals surface area (Å²) in [6.07, 6.45) is -4.57. The Hall–Kier alpha value is -2.39. The number of rotatable bonds is 5. The zero-order chi connectivity index (χ0) is 28.7. The Morgan fingerprint density at radius 2 is 1.47 bits per heavy atom. The monoisotopic (exact) mass is 575 g/mol. The smallest absolute Gasteiger partial charge is 0.475 e. The summed E-state index contributed by atoms with van der Waals surface area (Å²) in [6.45, 7) is 8.83. The summed E-state index contributed by atoms with van der Waals surface area (Å²) in [5, 5.41) is 14.2. The van der Waals surface area contributed by atoms with E-state index in [1.165, 1.54) is 35.7 Å². The highest BCUT2D eigenvalue weighted by Crippen LogP contribution is 2.33. The van der Waals surface area contributed by atoms with Crippen LogP contribution in [0, 0.1) is 6.92 Å². The minimum absolute atomic E-state index is 0.393. The predicted octanol–water partition coefficient (Wildman–Crippen LogP) is 3.98. The molecule has 3 aliphatic rings. The number of fused-ring (bicyclic) bond motifs is 1. The molecular formula is C23H31F6N3O5S. The molecule has 15 heteroatoms. The van der Waals surface area contributed by atoms with Crippen LogP contribution >= 0.6 is 11.3 Å². The Morgan fingerprint density at radius 1 is 0.921 bits per heavy atom. The van der Waals surface area contributed by atoms with Crippen LogP contribution in [0.15, 0.2) is 12.1 Å². The summed E-state index contributed by atoms with van der Waals surface area (Å²) in [7, 11) is 0. The van der Waals surface area contributed by atoms with E-state index in [-0.39, 0.29) is 0 Å². The summed E-state index contributed by atoms with van der Waals surface area (Å²) < 4.78 is 63.5. The Morgan fingerprint density at radius 3 is 1.95 bits per heavy atom. The van der Waals surface area contributed by atoms with Gasteiger partial charge >= 0.3 is 24.3 Å². The van der Waals surface area contributed by atoms with Crippen molar-refractivity contribution in [3.05, 3.63) is 21.9 Å². The van der Waals surface area contributed by atoms with Gasteiger partial charge < -0.3 is 20.0 Å². The fourth-order valence-electron chi connectivity index (χ4n) is 4.75. The van der Waals surface area contributed by atoms with Crippen LogP contribution in [-0.4, -0.2) is 99.9 Å². The minimum Gasteiger partial charge on any atom is -0.475 e. The van der Waals surface area contributed by atoms with Crippen molar-refractivity contribution in [2.75, 3.05) is 32.7 Å². The van der Waals surface area contributed by atoms with Crippen LogP contribution in [0.1, 0.15) is 41.9 Å². The normalized spacial score (nSPS) is 22.3. The first-order chi connectivity index (χ1) is 17.6. The number of aliphatic carboxylic acids is 2. The highest BCUT2D eigenvalue weighted by atomic mass is 32.1. The molecule has 0 unspecified atom stereocenters. The van der Waals surface area contributed by atoms with Gasteiger partial charge in [-0.3, -0.25) is 9.69 Å². The number of carboxylic acid groups (broad SMARTS) is 2. The summed E-state index contributed by atoms with van der Waals surface area (Å²) in [5.41, 5.74) is 0. The van der Waals surface area contributed by atoms with Gasteiger partial charge in [0.1, 0.15) is 0 Å². The topological polar surface area (TPSA) is 101 Å². The second-order valence-electron chi connectivity index (χ2n) is 9.19. The van der Waals surface area contributed by atoms with Gasteiger partial charge in [-0.25, -0.2) is 9.59 Å². The van der Waals surface area contributed by atoms with Crippen LogP contribution < -0.4 is 0 Å². The molecule has 0 spiro atoms. The third-order valence-electron chi connectivity index (χ3n) is 6.50. The van der Waals surface area contributed by atoms with Gasteiger partial charge in [0.15, 0.2) is 0 Å². The molecule has 0 bridgehead atoms. The number of thiophene rings is 1. The number of amides is 1. The third kappa shape index (κ3) is 9.73. The lowest BCUT2D eigenvalue weighted by molar-refractivity contribution is -0.193. The number of carbonyl (C=O) groups is 3. The zero-order valence-corrected chi connectivity index (χ0v) is 21.5. The lowest BCUT2D eigenvalue weighted by atomic mass is 9.96. The second-order valence-corrected chi connectivity index (χ2v) is 10.6. The average molecular weight is 576 g/mol. The first-order valence-corrected chi connectivity index (χ1v) is 12.8. The molecule has 8 nitrogen and oxygen atoms in total. The second kappa shape index (κ2) is 13.6. The highest BCUT2D eigenvalue weighted by Gasteiger charge is 2.43. The van der Waals surface area contributed by atoms with Crippen molar-refractivity contribution in [3.63, 3.8) is 0 Å². The fraction of sp³-hybridized carbons (Fsp3) is 0.696. The number of hydrogen-bond donors (Lipinski definition) is 2. The summed E-state index contributed by atoms with van der Waals surface area (Å²) in [5.74, 6) is -5.12. The molecule has 2 N–H and O–H groups in total. The van der Waals surface area contributed by atoms with E-state index in [0.29, 0.717) is 18.0 Å². The Labute approximate surface area is 219 Å². The van der Waals surface area contributed by atoms with Gasteiger partial charge in [0.05, 0.1) is 0 Å². The number of aryl methyl sites for hydroxylation is 1. The van der Waals surface area contributed by atoms with Crippen LogP contribution in [0.3, 0.4) is 0 Å². The molecule has 0 saturated carbocycles. The first-order valence-electron chi connectivity index (χ1n) is 12.0. The van der Waals surface area contributed by atoms with Crippen molar-refractivity contribution in [1.29, 1.82) is 0 Å². The molecule has 1 aromatic rings. The molecular weight excluding hydrogens is 544 g/mol. The van der Waals surface area contributed by atoms with Crippen molar-refractivity contribution in [1.82, 2.24) is 14.7 Å². The van der Waals surface area contributed by atoms with Gasteiger partial charge in [-0.2, -0.15) is 26.3 Å². The van der Waals surface area contributed by atoms with Crippen molar-refractivity contribution >= 4 is 29.2 Å². The van der Waals surface area contributed by atoms with Crippen LogP contribution in [0.2, 0.25) is 0 Å². The molecule has 0 aromatic carbocycles. The molecule has 0 aliphatic carbocycles. The SMILES string of the molecule is Cc1ccc(CN2CC[C@H]3[C@@H]2CCC(=O)N3CCN2CCCC2)s1.O=C(O)C(F)(F)F.O=C(O)C(F)(F)F. The van der Waals surface area contributed by atoms with Crippen LogP contribution in [0.5, 0.6) is 0 Å². The molecule has 2 atom stereocenters. The van der Waals surface area contributed by atoms with E-state index in [0.717, 1.165) is 45.4 Å². The summed E-state index contributed by atoms with van der Waals surface area (Å²) in [6, 6.07) is 5.52. The first kappa shape index (κ1) is 31.8. The lowest BCUT2D eigenvalue weighted by Crippen LogP contribution is -2.53. The maximum absolute atomic E-state index is 12.5. The number of carbonyl (C=O) groups excluding carboxylic acids is 1. The van der Waals surface area contributed by atoms with Crippen molar-refractivity contribution < 1.29 is 50.9 Å². The molecule has 216 valence electrons. The largest absolute Gasteiger partial charge is 0.490 e. The van der Waals surface area contributed by atoms with Gasteiger partial charge in [0.2, 0.25) is 5.91 Å². The van der Waals surface area contributed by atoms with Gasteiger partial charge in [0.25, 0.3) is 0 Å². The zero-order valence-electron chi connectivity index (χ0n) is 20.7. The number of halogens is 6. The maximum atomic E-state index is 12.5. The minimum atomic E-state index is -5.08. The summed E-state index contributed by atoms with van der Waals surface area (Å²) in [4.78, 5) is 40.5. The number of piperidine rings is 1. The van der Waals surface area contributed by atoms with E-state index in [9.17, 15) is 31.1 Å². The Bertz CT molecular complexity index is 925. The van der Waals surface area contributed by atoms with Crippen molar-refractivity contribution in [2.45, 2.75) is 70.0 Å². The molecule has 1 amide bonds. The molecule has 4 heterocycles. The number of alkyl halides is 6. The van der Waals surface area contributed by atoms with E-state index in [1.807, 2.05) is 11.3 Å². The molecule has 3 aliphatic heterocycles. The predicted molar refractivity (Wildman–Crippen MR) is 126 cm³/mol. The summed E-state index contributed by atoms with van der Waals surface area (Å²) >= 11 is 1.91. The number of carboxylic acids is 2.